The van der Waals surface area contributed by atoms with Crippen LogP contribution in [0.15, 0.2) is 30.3 Å². The van der Waals surface area contributed by atoms with E-state index in [2.05, 4.69) is 0 Å². The number of carboxylic acid groups (broad SMARTS) is 1. The molecule has 86 valence electrons. The first-order valence-corrected chi connectivity index (χ1v) is 5.50. The molecule has 0 saturated carbocycles. The third-order valence-corrected chi connectivity index (χ3v) is 3.06. The lowest BCUT2D eigenvalue weighted by Gasteiger charge is -2.38. The van der Waals surface area contributed by atoms with Gasteiger partial charge in [0, 0.05) is 12.6 Å². The van der Waals surface area contributed by atoms with Crippen molar-refractivity contribution in [1.29, 1.82) is 0 Å². The predicted octanol–water partition coefficient (Wildman–Crippen LogP) is 1.83. The average molecular weight is 220 g/mol. The highest BCUT2D eigenvalue weighted by Gasteiger charge is 2.33. The summed E-state index contributed by atoms with van der Waals surface area (Å²) in [5, 5.41) is 9.16. The second kappa shape index (κ2) is 4.53. The van der Waals surface area contributed by atoms with Gasteiger partial charge in [-0.25, -0.2) is 4.79 Å². The Kier molecular flexibility index (Phi) is 3.10. The number of amides is 1. The highest BCUT2D eigenvalue weighted by atomic mass is 16.4. The lowest BCUT2D eigenvalue weighted by atomic mass is 9.91. The Morgan fingerprint density at radius 3 is 2.69 bits per heavy atom. The lowest BCUT2D eigenvalue weighted by Crippen LogP contribution is -2.48. The number of carbonyl (C=O) groups is 1. The number of piperidine rings is 1. The summed E-state index contributed by atoms with van der Waals surface area (Å²) in [4.78, 5) is 12.6. The molecule has 4 heteroatoms. The molecule has 2 rings (SSSR count). The molecule has 2 atom stereocenters. The molecule has 0 radical (unpaired) electrons. The molecular formula is C12H16N2O2. The van der Waals surface area contributed by atoms with Crippen molar-refractivity contribution >= 4 is 6.09 Å². The predicted molar refractivity (Wildman–Crippen MR) is 61.1 cm³/mol. The van der Waals surface area contributed by atoms with Crippen LogP contribution in [0, 0.1) is 0 Å². The standard InChI is InChI=1S/C12H16N2O2/c13-10-7-4-8-14(12(15)16)11(10)9-5-2-1-3-6-9/h1-3,5-6,10-11H,4,7-8,13H2,(H,15,16)/t10-,11+/m0/s1. The van der Waals surface area contributed by atoms with E-state index >= 15 is 0 Å². The van der Waals surface area contributed by atoms with Gasteiger partial charge in [0.15, 0.2) is 0 Å². The molecule has 1 amide bonds. The molecule has 0 bridgehead atoms. The number of nitrogens with zero attached hydrogens (tertiary/aromatic N) is 1. The van der Waals surface area contributed by atoms with Crippen LogP contribution in [0.2, 0.25) is 0 Å². The summed E-state index contributed by atoms with van der Waals surface area (Å²) in [5.74, 6) is 0. The van der Waals surface area contributed by atoms with Gasteiger partial charge in [0.25, 0.3) is 0 Å². The molecule has 4 nitrogen and oxygen atoms in total. The smallest absolute Gasteiger partial charge is 0.407 e. The van der Waals surface area contributed by atoms with Crippen LogP contribution < -0.4 is 5.73 Å². The maximum Gasteiger partial charge on any atom is 0.407 e. The van der Waals surface area contributed by atoms with E-state index in [9.17, 15) is 4.79 Å². The van der Waals surface area contributed by atoms with E-state index in [-0.39, 0.29) is 12.1 Å². The monoisotopic (exact) mass is 220 g/mol. The summed E-state index contributed by atoms with van der Waals surface area (Å²) in [6.45, 7) is 0.572. The normalized spacial score (nSPS) is 25.4. The highest BCUT2D eigenvalue weighted by molar-refractivity contribution is 5.66. The van der Waals surface area contributed by atoms with Gasteiger partial charge in [-0.15, -0.1) is 0 Å². The van der Waals surface area contributed by atoms with Crippen molar-refractivity contribution in [2.75, 3.05) is 6.54 Å². The third-order valence-electron chi connectivity index (χ3n) is 3.06. The van der Waals surface area contributed by atoms with E-state index in [1.807, 2.05) is 30.3 Å². The van der Waals surface area contributed by atoms with Gasteiger partial charge in [0.05, 0.1) is 6.04 Å². The highest BCUT2D eigenvalue weighted by Crippen LogP contribution is 2.29. The summed E-state index contributed by atoms with van der Waals surface area (Å²) < 4.78 is 0. The van der Waals surface area contributed by atoms with Gasteiger partial charge in [-0.05, 0) is 18.4 Å². The van der Waals surface area contributed by atoms with Crippen molar-refractivity contribution in [2.45, 2.75) is 24.9 Å². The van der Waals surface area contributed by atoms with Gasteiger partial charge in [0.1, 0.15) is 0 Å². The molecule has 16 heavy (non-hydrogen) atoms. The van der Waals surface area contributed by atoms with E-state index < -0.39 is 6.09 Å². The van der Waals surface area contributed by atoms with Gasteiger partial charge in [-0.2, -0.15) is 0 Å². The van der Waals surface area contributed by atoms with E-state index in [0.717, 1.165) is 18.4 Å². The third kappa shape index (κ3) is 2.02. The van der Waals surface area contributed by atoms with Gasteiger partial charge >= 0.3 is 6.09 Å². The van der Waals surface area contributed by atoms with Crippen LogP contribution in [0.4, 0.5) is 4.79 Å². The molecule has 1 saturated heterocycles. The number of benzene rings is 1. The van der Waals surface area contributed by atoms with E-state index in [4.69, 9.17) is 10.8 Å². The fraction of sp³-hybridized carbons (Fsp3) is 0.417. The second-order valence-corrected chi connectivity index (χ2v) is 4.14. The van der Waals surface area contributed by atoms with Crippen molar-refractivity contribution in [3.63, 3.8) is 0 Å². The first-order chi connectivity index (χ1) is 7.70. The zero-order valence-electron chi connectivity index (χ0n) is 9.04. The van der Waals surface area contributed by atoms with Crippen LogP contribution in [-0.4, -0.2) is 28.7 Å². The SMILES string of the molecule is N[C@H]1CCCN(C(=O)O)[C@@H]1c1ccccc1. The van der Waals surface area contributed by atoms with Gasteiger partial charge < -0.3 is 10.8 Å². The van der Waals surface area contributed by atoms with E-state index in [1.165, 1.54) is 4.90 Å². The average Bonchev–Trinajstić information content (AvgIpc) is 2.29. The largest absolute Gasteiger partial charge is 0.465 e. The topological polar surface area (TPSA) is 66.6 Å². The maximum absolute atomic E-state index is 11.2. The molecule has 1 aliphatic rings. The van der Waals surface area contributed by atoms with Crippen LogP contribution in [-0.2, 0) is 0 Å². The van der Waals surface area contributed by atoms with Crippen LogP contribution in [0.25, 0.3) is 0 Å². The van der Waals surface area contributed by atoms with Gasteiger partial charge in [-0.3, -0.25) is 4.90 Å². The Bertz CT molecular complexity index is 367. The molecule has 1 aliphatic heterocycles. The number of hydrogen-bond donors (Lipinski definition) is 2. The summed E-state index contributed by atoms with van der Waals surface area (Å²) in [6, 6.07) is 9.31. The number of rotatable bonds is 1. The van der Waals surface area contributed by atoms with Crippen molar-refractivity contribution in [2.24, 2.45) is 5.73 Å². The van der Waals surface area contributed by atoms with Crippen molar-refractivity contribution in [3.05, 3.63) is 35.9 Å². The fourth-order valence-electron chi connectivity index (χ4n) is 2.32. The minimum absolute atomic E-state index is 0.104. The molecular weight excluding hydrogens is 204 g/mol. The Morgan fingerprint density at radius 1 is 1.38 bits per heavy atom. The second-order valence-electron chi connectivity index (χ2n) is 4.14. The molecule has 0 aliphatic carbocycles. The van der Waals surface area contributed by atoms with Crippen LogP contribution in [0.3, 0.4) is 0 Å². The van der Waals surface area contributed by atoms with E-state index in [1.54, 1.807) is 0 Å². The van der Waals surface area contributed by atoms with E-state index in [0.29, 0.717) is 6.54 Å². The molecule has 1 aromatic rings. The Labute approximate surface area is 94.7 Å². The van der Waals surface area contributed by atoms with Crippen LogP contribution >= 0.6 is 0 Å². The molecule has 1 fully saturated rings. The minimum Gasteiger partial charge on any atom is -0.465 e. The minimum atomic E-state index is -0.885. The Balaban J connectivity index is 2.30. The summed E-state index contributed by atoms with van der Waals surface area (Å²) in [5.41, 5.74) is 7.02. The Morgan fingerprint density at radius 2 is 2.06 bits per heavy atom. The molecule has 0 unspecified atom stereocenters. The van der Waals surface area contributed by atoms with Crippen molar-refractivity contribution in [1.82, 2.24) is 4.90 Å². The Hall–Kier alpha value is -1.55. The molecule has 0 aromatic heterocycles. The molecule has 0 spiro atoms. The lowest BCUT2D eigenvalue weighted by molar-refractivity contribution is 0.0974. The molecule has 3 N–H and O–H groups in total. The quantitative estimate of drug-likeness (QED) is 0.758. The van der Waals surface area contributed by atoms with Gasteiger partial charge in [-0.1, -0.05) is 30.3 Å². The zero-order valence-corrected chi connectivity index (χ0v) is 9.04. The van der Waals surface area contributed by atoms with Gasteiger partial charge in [0.2, 0.25) is 0 Å². The molecule has 1 aromatic carbocycles. The summed E-state index contributed by atoms with van der Waals surface area (Å²) in [6.07, 6.45) is 0.837. The first kappa shape index (κ1) is 11.0. The summed E-state index contributed by atoms with van der Waals surface area (Å²) >= 11 is 0. The molecule has 1 heterocycles. The maximum atomic E-state index is 11.2. The fourth-order valence-corrected chi connectivity index (χ4v) is 2.32. The van der Waals surface area contributed by atoms with Crippen LogP contribution in [0.5, 0.6) is 0 Å². The van der Waals surface area contributed by atoms with Crippen LogP contribution in [0.1, 0.15) is 24.4 Å². The van der Waals surface area contributed by atoms with Crippen molar-refractivity contribution in [3.8, 4) is 0 Å². The first-order valence-electron chi connectivity index (χ1n) is 5.50. The van der Waals surface area contributed by atoms with Crippen molar-refractivity contribution < 1.29 is 9.90 Å². The zero-order chi connectivity index (χ0) is 11.5. The summed E-state index contributed by atoms with van der Waals surface area (Å²) in [7, 11) is 0. The number of nitrogens with two attached hydrogens (primary N) is 1. The number of hydrogen-bond acceptors (Lipinski definition) is 2. The number of likely N-dealkylation sites (tertiary alicyclic amines) is 1.